The second kappa shape index (κ2) is 4.66. The third-order valence-corrected chi connectivity index (χ3v) is 2.28. The van der Waals surface area contributed by atoms with Crippen molar-refractivity contribution >= 4 is 16.9 Å². The normalized spacial score (nSPS) is 10.2. The van der Waals surface area contributed by atoms with E-state index in [2.05, 4.69) is 11.6 Å². The molecule has 3 heteroatoms. The van der Waals surface area contributed by atoms with Crippen LogP contribution in [-0.2, 0) is 16.0 Å². The predicted octanol–water partition coefficient (Wildman–Crippen LogP) is 2.44. The molecule has 0 saturated heterocycles. The maximum atomic E-state index is 11.4. The summed E-state index contributed by atoms with van der Waals surface area (Å²) < 4.78 is 4.91. The molecule has 0 aliphatic rings. The SMILES string of the molecule is C=CCOC(=O)Cc1cc2ccccc2[nH]1. The fourth-order valence-electron chi connectivity index (χ4n) is 1.59. The van der Waals surface area contributed by atoms with Gasteiger partial charge in [0.25, 0.3) is 0 Å². The Morgan fingerprint density at radius 3 is 3.00 bits per heavy atom. The molecular weight excluding hydrogens is 202 g/mol. The van der Waals surface area contributed by atoms with Gasteiger partial charge in [-0.15, -0.1) is 0 Å². The van der Waals surface area contributed by atoms with E-state index in [4.69, 9.17) is 4.74 Å². The number of para-hydroxylation sites is 1. The fraction of sp³-hybridized carbons (Fsp3) is 0.154. The Bertz CT molecular complexity index is 480. The fourth-order valence-corrected chi connectivity index (χ4v) is 1.59. The molecule has 1 aromatic carbocycles. The molecule has 0 bridgehead atoms. The van der Waals surface area contributed by atoms with E-state index in [-0.39, 0.29) is 19.0 Å². The number of aromatic amines is 1. The summed E-state index contributed by atoms with van der Waals surface area (Å²) in [7, 11) is 0. The number of nitrogens with one attached hydrogen (secondary N) is 1. The molecule has 0 aliphatic carbocycles. The molecule has 0 unspecified atom stereocenters. The molecule has 0 fully saturated rings. The van der Waals surface area contributed by atoms with Gasteiger partial charge in [-0.3, -0.25) is 4.79 Å². The van der Waals surface area contributed by atoms with Crippen LogP contribution in [0.2, 0.25) is 0 Å². The van der Waals surface area contributed by atoms with E-state index >= 15 is 0 Å². The van der Waals surface area contributed by atoms with Gasteiger partial charge in [0.15, 0.2) is 0 Å². The van der Waals surface area contributed by atoms with Crippen molar-refractivity contribution in [2.75, 3.05) is 6.61 Å². The van der Waals surface area contributed by atoms with Gasteiger partial charge in [0, 0.05) is 11.2 Å². The first-order valence-corrected chi connectivity index (χ1v) is 5.13. The van der Waals surface area contributed by atoms with Crippen LogP contribution < -0.4 is 0 Å². The van der Waals surface area contributed by atoms with Crippen molar-refractivity contribution in [1.82, 2.24) is 4.98 Å². The van der Waals surface area contributed by atoms with Crippen molar-refractivity contribution < 1.29 is 9.53 Å². The molecule has 0 amide bonds. The van der Waals surface area contributed by atoms with Gasteiger partial charge in [-0.25, -0.2) is 0 Å². The summed E-state index contributed by atoms with van der Waals surface area (Å²) in [6.07, 6.45) is 1.83. The third kappa shape index (κ3) is 2.31. The van der Waals surface area contributed by atoms with E-state index in [9.17, 15) is 4.79 Å². The van der Waals surface area contributed by atoms with E-state index in [0.717, 1.165) is 16.6 Å². The molecule has 1 N–H and O–H groups in total. The smallest absolute Gasteiger partial charge is 0.312 e. The highest BCUT2D eigenvalue weighted by molar-refractivity contribution is 5.82. The molecule has 1 aromatic heterocycles. The maximum absolute atomic E-state index is 11.4. The molecule has 0 atom stereocenters. The summed E-state index contributed by atoms with van der Waals surface area (Å²) in [5.74, 6) is -0.244. The number of aromatic nitrogens is 1. The Labute approximate surface area is 93.7 Å². The zero-order chi connectivity index (χ0) is 11.4. The summed E-state index contributed by atoms with van der Waals surface area (Å²) in [6.45, 7) is 3.75. The summed E-state index contributed by atoms with van der Waals surface area (Å²) in [4.78, 5) is 14.5. The lowest BCUT2D eigenvalue weighted by molar-refractivity contribution is -0.141. The van der Waals surface area contributed by atoms with E-state index in [1.807, 2.05) is 30.3 Å². The molecular formula is C13H13NO2. The number of ether oxygens (including phenoxy) is 1. The van der Waals surface area contributed by atoms with Crippen molar-refractivity contribution in [3.63, 3.8) is 0 Å². The first kappa shape index (κ1) is 10.5. The van der Waals surface area contributed by atoms with Crippen LogP contribution in [0.15, 0.2) is 43.0 Å². The number of carbonyl (C=O) groups is 1. The number of benzene rings is 1. The molecule has 0 radical (unpaired) electrons. The van der Waals surface area contributed by atoms with Gasteiger partial charge in [-0.1, -0.05) is 30.9 Å². The van der Waals surface area contributed by atoms with E-state index in [1.54, 1.807) is 6.08 Å². The molecule has 0 aliphatic heterocycles. The largest absolute Gasteiger partial charge is 0.461 e. The van der Waals surface area contributed by atoms with Crippen LogP contribution in [0.1, 0.15) is 5.69 Å². The van der Waals surface area contributed by atoms with Gasteiger partial charge in [-0.05, 0) is 17.5 Å². The lowest BCUT2D eigenvalue weighted by Gasteiger charge is -1.99. The average Bonchev–Trinajstić information content (AvgIpc) is 2.68. The summed E-state index contributed by atoms with van der Waals surface area (Å²) >= 11 is 0. The molecule has 0 saturated carbocycles. The van der Waals surface area contributed by atoms with Crippen molar-refractivity contribution in [1.29, 1.82) is 0 Å². The second-order valence-electron chi connectivity index (χ2n) is 3.53. The Morgan fingerprint density at radius 2 is 2.25 bits per heavy atom. The Balaban J connectivity index is 2.09. The molecule has 82 valence electrons. The molecule has 2 rings (SSSR count). The highest BCUT2D eigenvalue weighted by atomic mass is 16.5. The standard InChI is InChI=1S/C13H13NO2/c1-2-7-16-13(15)9-11-8-10-5-3-4-6-12(10)14-11/h2-6,8,14H,1,7,9H2. The quantitative estimate of drug-likeness (QED) is 0.628. The lowest BCUT2D eigenvalue weighted by Crippen LogP contribution is -2.07. The van der Waals surface area contributed by atoms with Gasteiger partial charge in [0.1, 0.15) is 6.61 Å². The maximum Gasteiger partial charge on any atom is 0.312 e. The van der Waals surface area contributed by atoms with Crippen molar-refractivity contribution in [3.8, 4) is 0 Å². The molecule has 0 spiro atoms. The first-order valence-electron chi connectivity index (χ1n) is 5.13. The van der Waals surface area contributed by atoms with E-state index < -0.39 is 0 Å². The van der Waals surface area contributed by atoms with Crippen LogP contribution in [0.5, 0.6) is 0 Å². The predicted molar refractivity (Wildman–Crippen MR) is 63.2 cm³/mol. The summed E-state index contributed by atoms with van der Waals surface area (Å²) in [6, 6.07) is 9.87. The van der Waals surface area contributed by atoms with Crippen molar-refractivity contribution in [2.24, 2.45) is 0 Å². The molecule has 3 nitrogen and oxygen atoms in total. The first-order chi connectivity index (χ1) is 7.79. The minimum Gasteiger partial charge on any atom is -0.461 e. The number of carbonyl (C=O) groups excluding carboxylic acids is 1. The summed E-state index contributed by atoms with van der Waals surface area (Å²) in [5.41, 5.74) is 1.91. The number of hydrogen-bond acceptors (Lipinski definition) is 2. The summed E-state index contributed by atoms with van der Waals surface area (Å²) in [5, 5.41) is 1.11. The minimum atomic E-state index is -0.244. The lowest BCUT2D eigenvalue weighted by atomic mass is 10.2. The van der Waals surface area contributed by atoms with Crippen LogP contribution in [0, 0.1) is 0 Å². The van der Waals surface area contributed by atoms with E-state index in [0.29, 0.717) is 0 Å². The van der Waals surface area contributed by atoms with Crippen LogP contribution in [0.4, 0.5) is 0 Å². The molecule has 1 heterocycles. The van der Waals surface area contributed by atoms with Crippen LogP contribution in [0.3, 0.4) is 0 Å². The van der Waals surface area contributed by atoms with Gasteiger partial charge in [0.2, 0.25) is 0 Å². The average molecular weight is 215 g/mol. The van der Waals surface area contributed by atoms with Crippen LogP contribution >= 0.6 is 0 Å². The number of hydrogen-bond donors (Lipinski definition) is 1. The van der Waals surface area contributed by atoms with Gasteiger partial charge in [-0.2, -0.15) is 0 Å². The Hall–Kier alpha value is -2.03. The number of H-pyrrole nitrogens is 1. The van der Waals surface area contributed by atoms with Crippen LogP contribution in [0.25, 0.3) is 10.9 Å². The third-order valence-electron chi connectivity index (χ3n) is 2.28. The number of esters is 1. The van der Waals surface area contributed by atoms with Crippen molar-refractivity contribution in [3.05, 3.63) is 48.7 Å². The molecule has 16 heavy (non-hydrogen) atoms. The van der Waals surface area contributed by atoms with Crippen molar-refractivity contribution in [2.45, 2.75) is 6.42 Å². The topological polar surface area (TPSA) is 42.1 Å². The zero-order valence-electron chi connectivity index (χ0n) is 8.90. The van der Waals surface area contributed by atoms with Gasteiger partial charge in [0.05, 0.1) is 6.42 Å². The second-order valence-corrected chi connectivity index (χ2v) is 3.53. The van der Waals surface area contributed by atoms with Gasteiger partial charge < -0.3 is 9.72 Å². The highest BCUT2D eigenvalue weighted by Crippen LogP contribution is 2.15. The van der Waals surface area contributed by atoms with Gasteiger partial charge >= 0.3 is 5.97 Å². The molecule has 2 aromatic rings. The highest BCUT2D eigenvalue weighted by Gasteiger charge is 2.06. The zero-order valence-corrected chi connectivity index (χ0v) is 8.90. The van der Waals surface area contributed by atoms with E-state index in [1.165, 1.54) is 0 Å². The Morgan fingerprint density at radius 1 is 1.44 bits per heavy atom. The number of rotatable bonds is 4. The van der Waals surface area contributed by atoms with Crippen LogP contribution in [-0.4, -0.2) is 17.6 Å². The number of fused-ring (bicyclic) bond motifs is 1. The minimum absolute atomic E-state index is 0.244. The Kier molecular flexibility index (Phi) is 3.05. The monoisotopic (exact) mass is 215 g/mol.